The number of aryl methyl sites for hydroxylation is 1. The molecule has 0 atom stereocenters. The summed E-state index contributed by atoms with van der Waals surface area (Å²) in [5.74, 6) is 0.706. The molecule has 2 aromatic rings. The third kappa shape index (κ3) is 8.16. The summed E-state index contributed by atoms with van der Waals surface area (Å²) in [5, 5.41) is 6.32. The molecule has 0 bridgehead atoms. The van der Waals surface area contributed by atoms with Gasteiger partial charge in [0.1, 0.15) is 0 Å². The molecule has 2 rings (SSSR count). The second-order valence-corrected chi connectivity index (χ2v) is 8.98. The lowest BCUT2D eigenvalue weighted by molar-refractivity contribution is 0.204. The summed E-state index contributed by atoms with van der Waals surface area (Å²) in [6, 6.07) is 6.83. The van der Waals surface area contributed by atoms with Gasteiger partial charge < -0.3 is 15.0 Å². The van der Waals surface area contributed by atoms with Crippen LogP contribution < -0.4 is 10.0 Å². The van der Waals surface area contributed by atoms with Crippen molar-refractivity contribution < 1.29 is 13.2 Å². The third-order valence-electron chi connectivity index (χ3n) is 3.90. The molecule has 2 N–H and O–H groups in total. The van der Waals surface area contributed by atoms with E-state index in [0.29, 0.717) is 25.7 Å². The van der Waals surface area contributed by atoms with Gasteiger partial charge in [0.25, 0.3) is 0 Å². The van der Waals surface area contributed by atoms with E-state index in [1.54, 1.807) is 36.6 Å². The van der Waals surface area contributed by atoms with Crippen molar-refractivity contribution in [1.29, 1.82) is 0 Å². The van der Waals surface area contributed by atoms with Crippen LogP contribution in [0.3, 0.4) is 0 Å². The zero-order valence-corrected chi connectivity index (χ0v) is 21.0. The summed E-state index contributed by atoms with van der Waals surface area (Å²) in [6.45, 7) is 3.62. The van der Waals surface area contributed by atoms with Gasteiger partial charge in [-0.05, 0) is 24.6 Å². The number of aliphatic imine (C=N–C) groups is 1. The number of benzene rings is 1. The summed E-state index contributed by atoms with van der Waals surface area (Å²) in [7, 11) is 1.62. The molecule has 0 spiro atoms. The average Bonchev–Trinajstić information content (AvgIpc) is 3.07. The SMILES string of the molecule is CN=C(NCc1cccc(S(=O)(=O)NCCOC)c1)N(C)Cc1csc(C)n1.I. The van der Waals surface area contributed by atoms with Crippen LogP contribution in [-0.2, 0) is 27.8 Å². The molecule has 0 aliphatic carbocycles. The molecule has 1 aromatic heterocycles. The topological polar surface area (TPSA) is 95.9 Å². The minimum Gasteiger partial charge on any atom is -0.383 e. The van der Waals surface area contributed by atoms with Crippen molar-refractivity contribution in [2.45, 2.75) is 24.9 Å². The van der Waals surface area contributed by atoms with Crippen molar-refractivity contribution in [3.8, 4) is 0 Å². The molecule has 1 heterocycles. The minimum atomic E-state index is -3.56. The zero-order valence-electron chi connectivity index (χ0n) is 17.0. The van der Waals surface area contributed by atoms with Crippen LogP contribution in [-0.4, -0.2) is 58.6 Å². The lowest BCUT2D eigenvalue weighted by Crippen LogP contribution is -2.38. The van der Waals surface area contributed by atoms with Crippen molar-refractivity contribution in [1.82, 2.24) is 19.9 Å². The summed E-state index contributed by atoms with van der Waals surface area (Å²) >= 11 is 1.62. The van der Waals surface area contributed by atoms with Crippen LogP contribution in [0.1, 0.15) is 16.3 Å². The number of nitrogens with one attached hydrogen (secondary N) is 2. The highest BCUT2D eigenvalue weighted by atomic mass is 127. The Bertz CT molecular complexity index is 902. The lowest BCUT2D eigenvalue weighted by Gasteiger charge is -2.21. The van der Waals surface area contributed by atoms with Gasteiger partial charge in [0.2, 0.25) is 10.0 Å². The van der Waals surface area contributed by atoms with E-state index in [1.165, 1.54) is 7.11 Å². The number of methoxy groups -OCH3 is 1. The molecule has 0 unspecified atom stereocenters. The van der Waals surface area contributed by atoms with Crippen LogP contribution >= 0.6 is 35.3 Å². The Kier molecular flexibility index (Phi) is 11.0. The first-order chi connectivity index (χ1) is 13.4. The van der Waals surface area contributed by atoms with Crippen LogP contribution in [0.4, 0.5) is 0 Å². The van der Waals surface area contributed by atoms with Gasteiger partial charge in [-0.25, -0.2) is 18.1 Å². The molecule has 0 saturated heterocycles. The maximum absolute atomic E-state index is 12.3. The Balaban J connectivity index is 0.00000420. The molecule has 11 heteroatoms. The molecule has 0 fully saturated rings. The number of aromatic nitrogens is 1. The molecule has 29 heavy (non-hydrogen) atoms. The summed E-state index contributed by atoms with van der Waals surface area (Å²) in [4.78, 5) is 11.0. The van der Waals surface area contributed by atoms with Crippen LogP contribution in [0.5, 0.6) is 0 Å². The van der Waals surface area contributed by atoms with Crippen molar-refractivity contribution >= 4 is 51.3 Å². The molecular formula is C18H28IN5O3S2. The van der Waals surface area contributed by atoms with Crippen molar-refractivity contribution in [3.63, 3.8) is 0 Å². The Morgan fingerprint density at radius 3 is 2.76 bits per heavy atom. The van der Waals surface area contributed by atoms with E-state index in [2.05, 4.69) is 20.0 Å². The van der Waals surface area contributed by atoms with Crippen molar-refractivity contribution in [2.75, 3.05) is 34.4 Å². The zero-order chi connectivity index (χ0) is 20.6. The van der Waals surface area contributed by atoms with E-state index < -0.39 is 10.0 Å². The molecule has 8 nitrogen and oxygen atoms in total. The molecule has 0 aliphatic heterocycles. The van der Waals surface area contributed by atoms with Gasteiger partial charge in [-0.2, -0.15) is 0 Å². The number of hydrogen-bond acceptors (Lipinski definition) is 6. The van der Waals surface area contributed by atoms with Crippen LogP contribution in [0.15, 0.2) is 39.5 Å². The van der Waals surface area contributed by atoms with Gasteiger partial charge in [-0.3, -0.25) is 4.99 Å². The highest BCUT2D eigenvalue weighted by Gasteiger charge is 2.14. The maximum Gasteiger partial charge on any atom is 0.240 e. The molecule has 0 aliphatic rings. The number of thiazole rings is 1. The van der Waals surface area contributed by atoms with E-state index in [1.807, 2.05) is 30.3 Å². The van der Waals surface area contributed by atoms with Gasteiger partial charge in [0.05, 0.1) is 28.7 Å². The minimum absolute atomic E-state index is 0. The van der Waals surface area contributed by atoms with Crippen LogP contribution in [0.25, 0.3) is 0 Å². The second kappa shape index (κ2) is 12.4. The van der Waals surface area contributed by atoms with E-state index in [9.17, 15) is 8.42 Å². The molecule has 0 amide bonds. The first kappa shape index (κ1) is 25.8. The fraction of sp³-hybridized carbons (Fsp3) is 0.444. The molecule has 0 saturated carbocycles. The predicted octanol–water partition coefficient (Wildman–Crippen LogP) is 2.20. The normalized spacial score (nSPS) is 11.8. The monoisotopic (exact) mass is 553 g/mol. The number of guanidine groups is 1. The average molecular weight is 553 g/mol. The smallest absolute Gasteiger partial charge is 0.240 e. The highest BCUT2D eigenvalue weighted by molar-refractivity contribution is 14.0. The van der Waals surface area contributed by atoms with Gasteiger partial charge in [0, 0.05) is 39.7 Å². The first-order valence-electron chi connectivity index (χ1n) is 8.76. The fourth-order valence-corrected chi connectivity index (χ4v) is 4.24. The standard InChI is InChI=1S/C18H27N5O3S2.HI/c1-14-22-16(13-27-14)12-23(3)18(19-2)20-11-15-6-5-7-17(10-15)28(24,25)21-8-9-26-4;/h5-7,10,13,21H,8-9,11-12H2,1-4H3,(H,19,20);1H. The predicted molar refractivity (Wildman–Crippen MR) is 127 cm³/mol. The first-order valence-corrected chi connectivity index (χ1v) is 11.1. The summed E-state index contributed by atoms with van der Waals surface area (Å²) < 4.78 is 32.1. The van der Waals surface area contributed by atoms with Gasteiger partial charge >= 0.3 is 0 Å². The third-order valence-corrected chi connectivity index (χ3v) is 6.18. The van der Waals surface area contributed by atoms with Gasteiger partial charge in [0.15, 0.2) is 5.96 Å². The Morgan fingerprint density at radius 1 is 1.38 bits per heavy atom. The Labute approximate surface area is 193 Å². The van der Waals surface area contributed by atoms with Crippen molar-refractivity contribution in [2.24, 2.45) is 4.99 Å². The van der Waals surface area contributed by atoms with E-state index in [4.69, 9.17) is 4.74 Å². The number of hydrogen-bond donors (Lipinski definition) is 2. The Morgan fingerprint density at radius 2 is 2.14 bits per heavy atom. The van der Waals surface area contributed by atoms with Gasteiger partial charge in [-0.15, -0.1) is 35.3 Å². The highest BCUT2D eigenvalue weighted by Crippen LogP contribution is 2.12. The quantitative estimate of drug-likeness (QED) is 0.214. The van der Waals surface area contributed by atoms with E-state index in [-0.39, 0.29) is 35.4 Å². The largest absolute Gasteiger partial charge is 0.383 e. The molecule has 1 aromatic carbocycles. The van der Waals surface area contributed by atoms with E-state index in [0.717, 1.165) is 16.3 Å². The number of rotatable bonds is 9. The van der Waals surface area contributed by atoms with Gasteiger partial charge in [-0.1, -0.05) is 12.1 Å². The second-order valence-electron chi connectivity index (χ2n) is 6.15. The molecular weight excluding hydrogens is 525 g/mol. The van der Waals surface area contributed by atoms with E-state index >= 15 is 0 Å². The summed E-state index contributed by atoms with van der Waals surface area (Å²) in [6.07, 6.45) is 0. The van der Waals surface area contributed by atoms with Crippen LogP contribution in [0.2, 0.25) is 0 Å². The number of halogens is 1. The lowest BCUT2D eigenvalue weighted by atomic mass is 10.2. The number of ether oxygens (including phenoxy) is 1. The maximum atomic E-state index is 12.3. The number of sulfonamides is 1. The van der Waals surface area contributed by atoms with Crippen LogP contribution in [0, 0.1) is 6.92 Å². The summed E-state index contributed by atoms with van der Waals surface area (Å²) in [5.41, 5.74) is 1.83. The Hall–Kier alpha value is -1.28. The molecule has 0 radical (unpaired) electrons. The fourth-order valence-electron chi connectivity index (χ4n) is 2.55. The molecule has 162 valence electrons. The number of nitrogens with zero attached hydrogens (tertiary/aromatic N) is 3. The van der Waals surface area contributed by atoms with Crippen molar-refractivity contribution in [3.05, 3.63) is 45.9 Å².